The maximum Gasteiger partial charge on any atom is 0.116 e. The largest absolute Gasteiger partial charge is 0.508 e. The fraction of sp³-hybridized carbons (Fsp3) is 0.217. The Kier molecular flexibility index (Phi) is 4.51. The van der Waals surface area contributed by atoms with E-state index in [1.807, 2.05) is 55.3 Å². The van der Waals surface area contributed by atoms with Crippen molar-refractivity contribution in [3.8, 4) is 28.3 Å². The lowest BCUT2D eigenvalue weighted by molar-refractivity contribution is 0.475. The topological polar surface area (TPSA) is 55.9 Å². The van der Waals surface area contributed by atoms with Crippen LogP contribution in [0.4, 0.5) is 0 Å². The highest BCUT2D eigenvalue weighted by atomic mass is 16.3. The Morgan fingerprint density at radius 2 is 1.68 bits per heavy atom. The molecule has 0 fully saturated rings. The molecule has 0 saturated carbocycles. The van der Waals surface area contributed by atoms with Crippen molar-refractivity contribution in [1.29, 1.82) is 0 Å². The van der Waals surface area contributed by atoms with E-state index in [2.05, 4.69) is 35.6 Å². The van der Waals surface area contributed by atoms with Gasteiger partial charge in [0.2, 0.25) is 0 Å². The predicted octanol–water partition coefficient (Wildman–Crippen LogP) is 4.88. The molecule has 0 aliphatic carbocycles. The number of aromatic hydroxyl groups is 1. The summed E-state index contributed by atoms with van der Waals surface area (Å²) in [5, 5.41) is 14.7. The van der Waals surface area contributed by atoms with Gasteiger partial charge in [0.1, 0.15) is 5.75 Å². The van der Waals surface area contributed by atoms with Crippen molar-refractivity contribution >= 4 is 0 Å². The molecular weight excluding hydrogens is 348 g/mol. The summed E-state index contributed by atoms with van der Waals surface area (Å²) in [6.45, 7) is 6.30. The lowest BCUT2D eigenvalue weighted by Gasteiger charge is -2.19. The Hall–Kier alpha value is -3.34. The van der Waals surface area contributed by atoms with Gasteiger partial charge < -0.3 is 9.67 Å². The van der Waals surface area contributed by atoms with E-state index < -0.39 is 0 Å². The number of benzene rings is 2. The van der Waals surface area contributed by atoms with E-state index in [4.69, 9.17) is 4.98 Å². The Morgan fingerprint density at radius 3 is 2.32 bits per heavy atom. The van der Waals surface area contributed by atoms with Crippen LogP contribution in [0.15, 0.2) is 60.9 Å². The van der Waals surface area contributed by atoms with Gasteiger partial charge in [0.15, 0.2) is 0 Å². The van der Waals surface area contributed by atoms with Gasteiger partial charge in [-0.05, 0) is 32.9 Å². The molecule has 2 aromatic carbocycles. The highest BCUT2D eigenvalue weighted by Gasteiger charge is 2.23. The maximum atomic E-state index is 10.1. The van der Waals surface area contributed by atoms with Gasteiger partial charge in [0.25, 0.3) is 0 Å². The molecule has 5 heteroatoms. The summed E-state index contributed by atoms with van der Waals surface area (Å²) in [6, 6.07) is 17.5. The number of imidazole rings is 1. The summed E-state index contributed by atoms with van der Waals surface area (Å²) < 4.78 is 4.10. The van der Waals surface area contributed by atoms with Crippen LogP contribution in [0.3, 0.4) is 0 Å². The summed E-state index contributed by atoms with van der Waals surface area (Å²) in [7, 11) is 1.97. The molecule has 2 aromatic heterocycles. The van der Waals surface area contributed by atoms with Gasteiger partial charge >= 0.3 is 0 Å². The van der Waals surface area contributed by atoms with Crippen LogP contribution in [0.5, 0.6) is 5.75 Å². The van der Waals surface area contributed by atoms with Crippen molar-refractivity contribution in [2.75, 3.05) is 0 Å². The molecule has 5 nitrogen and oxygen atoms in total. The van der Waals surface area contributed by atoms with Crippen LogP contribution in [0, 0.1) is 13.8 Å². The minimum absolute atomic E-state index is 0.0519. The van der Waals surface area contributed by atoms with Crippen LogP contribution in [-0.4, -0.2) is 24.4 Å². The first-order valence-electron chi connectivity index (χ1n) is 9.39. The zero-order valence-corrected chi connectivity index (χ0v) is 16.6. The van der Waals surface area contributed by atoms with Crippen LogP contribution >= 0.6 is 0 Å². The molecule has 4 aromatic rings. The Bertz CT molecular complexity index is 1120. The standard InChI is InChI=1S/C23H24N4O/c1-15-21(16(2)26(4)25-15)17(3)27-14-24-22(18-9-6-5-7-10-18)23(27)19-11-8-12-20(28)13-19/h5-14,17,28H,1-4H3/t17-/m0/s1. The molecule has 1 N–H and O–H groups in total. The lowest BCUT2D eigenvalue weighted by Crippen LogP contribution is -2.10. The molecule has 2 heterocycles. The van der Waals surface area contributed by atoms with Crippen molar-refractivity contribution in [3.63, 3.8) is 0 Å². The highest BCUT2D eigenvalue weighted by molar-refractivity contribution is 5.79. The third-order valence-electron chi connectivity index (χ3n) is 5.36. The third kappa shape index (κ3) is 2.99. The average Bonchev–Trinajstić information content (AvgIpc) is 3.23. The van der Waals surface area contributed by atoms with Gasteiger partial charge in [0, 0.05) is 29.4 Å². The van der Waals surface area contributed by atoms with E-state index in [1.54, 1.807) is 12.1 Å². The predicted molar refractivity (Wildman–Crippen MR) is 111 cm³/mol. The molecule has 0 aliphatic heterocycles. The third-order valence-corrected chi connectivity index (χ3v) is 5.36. The Balaban J connectivity index is 1.94. The van der Waals surface area contributed by atoms with Crippen LogP contribution in [0.1, 0.15) is 29.9 Å². The Morgan fingerprint density at radius 1 is 0.964 bits per heavy atom. The minimum atomic E-state index is 0.0519. The number of hydrogen-bond donors (Lipinski definition) is 1. The van der Waals surface area contributed by atoms with E-state index >= 15 is 0 Å². The molecule has 142 valence electrons. The van der Waals surface area contributed by atoms with E-state index in [1.165, 1.54) is 5.56 Å². The number of aryl methyl sites for hydroxylation is 2. The summed E-state index contributed by atoms with van der Waals surface area (Å²) in [5.74, 6) is 0.241. The summed E-state index contributed by atoms with van der Waals surface area (Å²) >= 11 is 0. The SMILES string of the molecule is Cc1nn(C)c(C)c1[C@H](C)n1cnc(-c2ccccc2)c1-c1cccc(O)c1. The first-order chi connectivity index (χ1) is 13.5. The van der Waals surface area contributed by atoms with Crippen LogP contribution in [0.2, 0.25) is 0 Å². The van der Waals surface area contributed by atoms with Crippen molar-refractivity contribution in [2.45, 2.75) is 26.8 Å². The van der Waals surface area contributed by atoms with Gasteiger partial charge in [-0.3, -0.25) is 4.68 Å². The van der Waals surface area contributed by atoms with Crippen LogP contribution in [-0.2, 0) is 7.05 Å². The molecular formula is C23H24N4O. The van der Waals surface area contributed by atoms with E-state index in [0.717, 1.165) is 33.9 Å². The van der Waals surface area contributed by atoms with E-state index in [-0.39, 0.29) is 11.8 Å². The first-order valence-corrected chi connectivity index (χ1v) is 9.39. The highest BCUT2D eigenvalue weighted by Crippen LogP contribution is 2.37. The van der Waals surface area contributed by atoms with Gasteiger partial charge in [-0.15, -0.1) is 0 Å². The number of phenols is 1. The van der Waals surface area contributed by atoms with Crippen molar-refractivity contribution < 1.29 is 5.11 Å². The molecule has 1 atom stereocenters. The Labute approximate surface area is 164 Å². The van der Waals surface area contributed by atoms with Gasteiger partial charge in [0.05, 0.1) is 29.5 Å². The molecule has 0 amide bonds. The number of aromatic nitrogens is 4. The zero-order valence-electron chi connectivity index (χ0n) is 16.6. The molecule has 0 saturated heterocycles. The van der Waals surface area contributed by atoms with E-state index in [9.17, 15) is 5.11 Å². The summed E-state index contributed by atoms with van der Waals surface area (Å²) in [6.07, 6.45) is 1.89. The minimum Gasteiger partial charge on any atom is -0.508 e. The molecule has 0 aliphatic rings. The summed E-state index contributed by atoms with van der Waals surface area (Å²) in [4.78, 5) is 4.76. The molecule has 0 radical (unpaired) electrons. The molecule has 0 unspecified atom stereocenters. The molecule has 0 spiro atoms. The zero-order chi connectivity index (χ0) is 19.8. The monoisotopic (exact) mass is 372 g/mol. The number of hydrogen-bond acceptors (Lipinski definition) is 3. The second kappa shape index (κ2) is 7.00. The maximum absolute atomic E-state index is 10.1. The van der Waals surface area contributed by atoms with Crippen LogP contribution in [0.25, 0.3) is 22.5 Å². The molecule has 28 heavy (non-hydrogen) atoms. The van der Waals surface area contributed by atoms with Crippen molar-refractivity contribution in [2.24, 2.45) is 7.05 Å². The lowest BCUT2D eigenvalue weighted by atomic mass is 10.0. The van der Waals surface area contributed by atoms with Gasteiger partial charge in [-0.25, -0.2) is 4.98 Å². The fourth-order valence-corrected chi connectivity index (χ4v) is 3.93. The fourth-order valence-electron chi connectivity index (χ4n) is 3.93. The second-order valence-corrected chi connectivity index (χ2v) is 7.15. The van der Waals surface area contributed by atoms with E-state index in [0.29, 0.717) is 0 Å². The summed E-state index contributed by atoms with van der Waals surface area (Å²) in [5.41, 5.74) is 7.22. The van der Waals surface area contributed by atoms with Crippen molar-refractivity contribution in [3.05, 3.63) is 77.9 Å². The quantitative estimate of drug-likeness (QED) is 0.555. The normalized spacial score (nSPS) is 12.3. The van der Waals surface area contributed by atoms with Gasteiger partial charge in [-0.2, -0.15) is 5.10 Å². The van der Waals surface area contributed by atoms with Crippen LogP contribution < -0.4 is 0 Å². The van der Waals surface area contributed by atoms with Crippen molar-refractivity contribution in [1.82, 2.24) is 19.3 Å². The number of nitrogens with zero attached hydrogens (tertiary/aromatic N) is 4. The van der Waals surface area contributed by atoms with Gasteiger partial charge in [-0.1, -0.05) is 42.5 Å². The molecule has 0 bridgehead atoms. The number of rotatable bonds is 4. The number of phenolic OH excluding ortho intramolecular Hbond substituents is 1. The first kappa shape index (κ1) is 18.0. The molecule has 4 rings (SSSR count). The second-order valence-electron chi connectivity index (χ2n) is 7.15. The average molecular weight is 372 g/mol. The smallest absolute Gasteiger partial charge is 0.116 e.